The fourth-order valence-corrected chi connectivity index (χ4v) is 1.66. The second-order valence-corrected chi connectivity index (χ2v) is 4.84. The number of rotatable bonds is 4. The lowest BCUT2D eigenvalue weighted by Gasteiger charge is -2.03. The molecule has 1 aliphatic carbocycles. The maximum atomic E-state index is 11.6. The van der Waals surface area contributed by atoms with Gasteiger partial charge in [0.25, 0.3) is 5.91 Å². The molecule has 1 N–H and O–H groups in total. The summed E-state index contributed by atoms with van der Waals surface area (Å²) in [6.45, 7) is 0. The summed E-state index contributed by atoms with van der Waals surface area (Å²) in [5, 5.41) is 19.3. The van der Waals surface area contributed by atoms with E-state index in [9.17, 15) is 4.79 Å². The lowest BCUT2D eigenvalue weighted by molar-refractivity contribution is -0.121. The fraction of sp³-hybridized carbons (Fsp3) is 0.333. The normalized spacial score (nSPS) is 16.2. The summed E-state index contributed by atoms with van der Waals surface area (Å²) in [6, 6.07) is 8.20. The van der Waals surface area contributed by atoms with Crippen molar-refractivity contribution in [3.63, 3.8) is 0 Å². The second-order valence-electron chi connectivity index (χ2n) is 3.98. The number of nitrogens with one attached hydrogen (secondary N) is 1. The van der Waals surface area contributed by atoms with Crippen LogP contribution in [0.2, 0.25) is 0 Å². The number of benzene rings is 1. The highest BCUT2D eigenvalue weighted by Crippen LogP contribution is 2.25. The van der Waals surface area contributed by atoms with Gasteiger partial charge in [-0.2, -0.15) is 15.5 Å². The summed E-state index contributed by atoms with van der Waals surface area (Å²) in [5.41, 5.74) is 0.594. The molecule has 1 aromatic rings. The Balaban J connectivity index is 2.03. The first-order valence-corrected chi connectivity index (χ1v) is 6.35. The standard InChI is InChI=1S/C12H11BrN4O/c13-9-3-1-2-4-10(9)16-17-11(7-14)12(18)15-8-5-6-8/h1-4,8,11H,5-6H2,(H,15,18). The molecule has 1 fully saturated rings. The Bertz CT molecular complexity index is 519. The number of azo groups is 1. The van der Waals surface area contributed by atoms with E-state index in [1.165, 1.54) is 0 Å². The Morgan fingerprint density at radius 1 is 1.50 bits per heavy atom. The average Bonchev–Trinajstić information content (AvgIpc) is 3.16. The van der Waals surface area contributed by atoms with E-state index in [4.69, 9.17) is 5.26 Å². The van der Waals surface area contributed by atoms with Crippen molar-refractivity contribution >= 4 is 27.5 Å². The van der Waals surface area contributed by atoms with Crippen LogP contribution in [-0.2, 0) is 4.79 Å². The molecule has 1 atom stereocenters. The van der Waals surface area contributed by atoms with Crippen LogP contribution in [0.3, 0.4) is 0 Å². The number of hydrogen-bond donors (Lipinski definition) is 1. The first kappa shape index (κ1) is 12.7. The van der Waals surface area contributed by atoms with Gasteiger partial charge < -0.3 is 5.32 Å². The van der Waals surface area contributed by atoms with Gasteiger partial charge in [0.15, 0.2) is 0 Å². The van der Waals surface area contributed by atoms with Crippen LogP contribution in [0.5, 0.6) is 0 Å². The Labute approximate surface area is 113 Å². The summed E-state index contributed by atoms with van der Waals surface area (Å²) in [4.78, 5) is 11.6. The van der Waals surface area contributed by atoms with E-state index in [0.29, 0.717) is 5.69 Å². The van der Waals surface area contributed by atoms with E-state index in [-0.39, 0.29) is 11.9 Å². The molecule has 0 heterocycles. The lowest BCUT2D eigenvalue weighted by Crippen LogP contribution is -2.33. The molecule has 2 rings (SSSR count). The number of nitriles is 1. The van der Waals surface area contributed by atoms with Crippen molar-refractivity contribution in [3.8, 4) is 6.07 Å². The molecule has 0 spiro atoms. The number of carbonyl (C=O) groups excluding carboxylic acids is 1. The minimum atomic E-state index is -1.09. The van der Waals surface area contributed by atoms with Crippen LogP contribution < -0.4 is 5.32 Å². The predicted molar refractivity (Wildman–Crippen MR) is 69.2 cm³/mol. The zero-order valence-corrected chi connectivity index (χ0v) is 11.1. The Morgan fingerprint density at radius 3 is 2.83 bits per heavy atom. The average molecular weight is 307 g/mol. The van der Waals surface area contributed by atoms with Crippen LogP contribution >= 0.6 is 15.9 Å². The third kappa shape index (κ3) is 3.37. The van der Waals surface area contributed by atoms with Gasteiger partial charge in [0.1, 0.15) is 6.07 Å². The predicted octanol–water partition coefficient (Wildman–Crippen LogP) is 2.70. The van der Waals surface area contributed by atoms with Gasteiger partial charge in [0, 0.05) is 10.5 Å². The molecular weight excluding hydrogens is 296 g/mol. The van der Waals surface area contributed by atoms with Gasteiger partial charge in [-0.05, 0) is 40.9 Å². The first-order valence-electron chi connectivity index (χ1n) is 5.56. The summed E-state index contributed by atoms with van der Waals surface area (Å²) >= 11 is 3.32. The van der Waals surface area contributed by atoms with E-state index >= 15 is 0 Å². The van der Waals surface area contributed by atoms with Gasteiger partial charge in [-0.15, -0.1) is 0 Å². The molecule has 0 radical (unpaired) electrons. The van der Waals surface area contributed by atoms with Gasteiger partial charge in [-0.3, -0.25) is 4.79 Å². The monoisotopic (exact) mass is 306 g/mol. The molecule has 0 aromatic heterocycles. The Hall–Kier alpha value is -1.74. The maximum Gasteiger partial charge on any atom is 0.261 e. The molecule has 0 aliphatic heterocycles. The molecule has 1 amide bonds. The zero-order chi connectivity index (χ0) is 13.0. The third-order valence-electron chi connectivity index (χ3n) is 2.43. The van der Waals surface area contributed by atoms with Crippen LogP contribution in [-0.4, -0.2) is 18.0 Å². The minimum absolute atomic E-state index is 0.215. The van der Waals surface area contributed by atoms with E-state index in [1.807, 2.05) is 24.3 Å². The molecule has 1 unspecified atom stereocenters. The molecule has 6 heteroatoms. The largest absolute Gasteiger partial charge is 0.351 e. The van der Waals surface area contributed by atoms with Crippen molar-refractivity contribution in [1.82, 2.24) is 5.32 Å². The van der Waals surface area contributed by atoms with Gasteiger partial charge in [0.2, 0.25) is 6.04 Å². The number of amides is 1. The highest BCUT2D eigenvalue weighted by Gasteiger charge is 2.27. The highest BCUT2D eigenvalue weighted by molar-refractivity contribution is 9.10. The highest BCUT2D eigenvalue weighted by atomic mass is 79.9. The molecule has 0 bridgehead atoms. The molecule has 1 saturated carbocycles. The maximum absolute atomic E-state index is 11.6. The second kappa shape index (κ2) is 5.74. The summed E-state index contributed by atoms with van der Waals surface area (Å²) in [6.07, 6.45) is 1.95. The van der Waals surface area contributed by atoms with Gasteiger partial charge in [-0.1, -0.05) is 12.1 Å². The molecule has 5 nitrogen and oxygen atoms in total. The first-order chi connectivity index (χ1) is 8.70. The molecule has 0 saturated heterocycles. The van der Waals surface area contributed by atoms with Crippen molar-refractivity contribution in [2.75, 3.05) is 0 Å². The molecule has 1 aliphatic rings. The van der Waals surface area contributed by atoms with Crippen molar-refractivity contribution in [2.45, 2.75) is 24.9 Å². The van der Waals surface area contributed by atoms with E-state index in [1.54, 1.807) is 6.07 Å². The Kier molecular flexibility index (Phi) is 4.05. The molecule has 18 heavy (non-hydrogen) atoms. The van der Waals surface area contributed by atoms with E-state index < -0.39 is 6.04 Å². The van der Waals surface area contributed by atoms with Crippen molar-refractivity contribution in [2.24, 2.45) is 10.2 Å². The number of nitrogens with zero attached hydrogens (tertiary/aromatic N) is 3. The summed E-state index contributed by atoms with van der Waals surface area (Å²) in [5.74, 6) is -0.379. The Morgan fingerprint density at radius 2 is 2.22 bits per heavy atom. The SMILES string of the molecule is N#CC(N=Nc1ccccc1Br)C(=O)NC1CC1. The zero-order valence-electron chi connectivity index (χ0n) is 9.51. The third-order valence-corrected chi connectivity index (χ3v) is 3.10. The van der Waals surface area contributed by atoms with E-state index in [0.717, 1.165) is 17.3 Å². The lowest BCUT2D eigenvalue weighted by atomic mass is 10.3. The van der Waals surface area contributed by atoms with Crippen LogP contribution in [0.15, 0.2) is 39.0 Å². The topological polar surface area (TPSA) is 77.6 Å². The number of halogens is 1. The molecule has 92 valence electrons. The summed E-state index contributed by atoms with van der Waals surface area (Å²) < 4.78 is 0.771. The van der Waals surface area contributed by atoms with E-state index in [2.05, 4.69) is 31.5 Å². The minimum Gasteiger partial charge on any atom is -0.351 e. The summed E-state index contributed by atoms with van der Waals surface area (Å²) in [7, 11) is 0. The molecular formula is C12H11BrN4O. The number of hydrogen-bond acceptors (Lipinski definition) is 4. The van der Waals surface area contributed by atoms with Crippen LogP contribution in [0, 0.1) is 11.3 Å². The van der Waals surface area contributed by atoms with Crippen molar-refractivity contribution in [3.05, 3.63) is 28.7 Å². The van der Waals surface area contributed by atoms with Crippen molar-refractivity contribution in [1.29, 1.82) is 5.26 Å². The fourth-order valence-electron chi connectivity index (χ4n) is 1.30. The smallest absolute Gasteiger partial charge is 0.261 e. The van der Waals surface area contributed by atoms with Gasteiger partial charge >= 0.3 is 0 Å². The van der Waals surface area contributed by atoms with Crippen LogP contribution in [0.25, 0.3) is 0 Å². The quantitative estimate of drug-likeness (QED) is 0.868. The molecule has 1 aromatic carbocycles. The van der Waals surface area contributed by atoms with Crippen LogP contribution in [0.4, 0.5) is 5.69 Å². The van der Waals surface area contributed by atoms with Gasteiger partial charge in [-0.25, -0.2) is 0 Å². The van der Waals surface area contributed by atoms with Crippen LogP contribution in [0.1, 0.15) is 12.8 Å². The number of carbonyl (C=O) groups is 1. The van der Waals surface area contributed by atoms with Crippen molar-refractivity contribution < 1.29 is 4.79 Å². The van der Waals surface area contributed by atoms with Gasteiger partial charge in [0.05, 0.1) is 5.69 Å².